The predicted molar refractivity (Wildman–Crippen MR) is 82.7 cm³/mol. The van der Waals surface area contributed by atoms with Gasteiger partial charge in [-0.3, -0.25) is 0 Å². The fourth-order valence-corrected chi connectivity index (χ4v) is 2.67. The van der Waals surface area contributed by atoms with Gasteiger partial charge in [0.15, 0.2) is 0 Å². The van der Waals surface area contributed by atoms with Gasteiger partial charge in [0.05, 0.1) is 13.2 Å². The molecule has 0 aliphatic heterocycles. The van der Waals surface area contributed by atoms with Crippen molar-refractivity contribution in [3.05, 3.63) is 63.4 Å². The Morgan fingerprint density at radius 2 is 1.90 bits per heavy atom. The standard InChI is InChI=1S/C16H17BrFNO/c1-10-4-6-14(18)12(8-10)16(19-2)13-9-11(17)5-7-15(13)20-3/h4-9,16,19H,1-3H3. The molecule has 0 spiro atoms. The summed E-state index contributed by atoms with van der Waals surface area (Å²) in [5.74, 6) is 0.505. The molecule has 0 aliphatic rings. The third kappa shape index (κ3) is 3.02. The van der Waals surface area contributed by atoms with Gasteiger partial charge in [0.2, 0.25) is 0 Å². The van der Waals surface area contributed by atoms with E-state index in [9.17, 15) is 4.39 Å². The second kappa shape index (κ2) is 6.37. The predicted octanol–water partition coefficient (Wildman–Crippen LogP) is 4.21. The second-order valence-corrected chi connectivity index (χ2v) is 5.55. The molecule has 2 aromatic carbocycles. The van der Waals surface area contributed by atoms with Crippen LogP contribution in [-0.4, -0.2) is 14.2 Å². The molecule has 4 heteroatoms. The van der Waals surface area contributed by atoms with Crippen LogP contribution in [0.3, 0.4) is 0 Å². The zero-order valence-electron chi connectivity index (χ0n) is 11.7. The summed E-state index contributed by atoms with van der Waals surface area (Å²) in [7, 11) is 3.43. The van der Waals surface area contributed by atoms with Crippen LogP contribution in [0.15, 0.2) is 40.9 Å². The highest BCUT2D eigenvalue weighted by Gasteiger charge is 2.20. The van der Waals surface area contributed by atoms with E-state index in [2.05, 4.69) is 21.2 Å². The van der Waals surface area contributed by atoms with Crippen LogP contribution in [-0.2, 0) is 0 Å². The summed E-state index contributed by atoms with van der Waals surface area (Å²) in [4.78, 5) is 0. The van der Waals surface area contributed by atoms with Gasteiger partial charge >= 0.3 is 0 Å². The summed E-state index contributed by atoms with van der Waals surface area (Å²) in [5, 5.41) is 3.16. The quantitative estimate of drug-likeness (QED) is 0.902. The normalized spacial score (nSPS) is 12.2. The van der Waals surface area contributed by atoms with Crippen molar-refractivity contribution >= 4 is 15.9 Å². The minimum Gasteiger partial charge on any atom is -0.496 e. The maximum Gasteiger partial charge on any atom is 0.128 e. The molecule has 0 saturated carbocycles. The van der Waals surface area contributed by atoms with E-state index in [1.54, 1.807) is 13.2 Å². The monoisotopic (exact) mass is 337 g/mol. The zero-order chi connectivity index (χ0) is 14.7. The van der Waals surface area contributed by atoms with Crippen LogP contribution in [0, 0.1) is 12.7 Å². The van der Waals surface area contributed by atoms with Crippen LogP contribution >= 0.6 is 15.9 Å². The molecule has 0 aliphatic carbocycles. The van der Waals surface area contributed by atoms with E-state index in [1.165, 1.54) is 6.07 Å². The lowest BCUT2D eigenvalue weighted by molar-refractivity contribution is 0.404. The highest BCUT2D eigenvalue weighted by molar-refractivity contribution is 9.10. The number of ether oxygens (including phenoxy) is 1. The van der Waals surface area contributed by atoms with Crippen molar-refractivity contribution in [2.24, 2.45) is 0 Å². The molecule has 20 heavy (non-hydrogen) atoms. The topological polar surface area (TPSA) is 21.3 Å². The van der Waals surface area contributed by atoms with Crippen molar-refractivity contribution in [3.63, 3.8) is 0 Å². The lowest BCUT2D eigenvalue weighted by Gasteiger charge is -2.21. The van der Waals surface area contributed by atoms with E-state index in [0.29, 0.717) is 5.56 Å². The van der Waals surface area contributed by atoms with Gasteiger partial charge in [0, 0.05) is 15.6 Å². The van der Waals surface area contributed by atoms with Crippen LogP contribution < -0.4 is 10.1 Å². The third-order valence-electron chi connectivity index (χ3n) is 3.25. The van der Waals surface area contributed by atoms with Crippen molar-refractivity contribution < 1.29 is 9.13 Å². The van der Waals surface area contributed by atoms with Gasteiger partial charge in [0.1, 0.15) is 11.6 Å². The summed E-state index contributed by atoms with van der Waals surface area (Å²) in [6.07, 6.45) is 0. The van der Waals surface area contributed by atoms with E-state index < -0.39 is 0 Å². The number of hydrogen-bond acceptors (Lipinski definition) is 2. The molecule has 1 N–H and O–H groups in total. The molecule has 1 atom stereocenters. The second-order valence-electron chi connectivity index (χ2n) is 4.63. The summed E-state index contributed by atoms with van der Waals surface area (Å²) < 4.78 is 20.5. The van der Waals surface area contributed by atoms with E-state index >= 15 is 0 Å². The van der Waals surface area contributed by atoms with Gasteiger partial charge in [-0.05, 0) is 38.2 Å². The number of benzene rings is 2. The molecule has 2 rings (SSSR count). The van der Waals surface area contributed by atoms with E-state index in [4.69, 9.17) is 4.74 Å². The van der Waals surface area contributed by atoms with Gasteiger partial charge in [0.25, 0.3) is 0 Å². The van der Waals surface area contributed by atoms with E-state index in [1.807, 2.05) is 38.2 Å². The van der Waals surface area contributed by atoms with Crippen molar-refractivity contribution in [2.75, 3.05) is 14.2 Å². The van der Waals surface area contributed by atoms with Crippen molar-refractivity contribution in [1.82, 2.24) is 5.32 Å². The molecule has 0 heterocycles. The van der Waals surface area contributed by atoms with Crippen molar-refractivity contribution in [3.8, 4) is 5.75 Å². The third-order valence-corrected chi connectivity index (χ3v) is 3.75. The van der Waals surface area contributed by atoms with Gasteiger partial charge in [-0.25, -0.2) is 4.39 Å². The van der Waals surface area contributed by atoms with Gasteiger partial charge in [-0.2, -0.15) is 0 Å². The Labute approximate surface area is 127 Å². The SMILES string of the molecule is CNC(c1cc(C)ccc1F)c1cc(Br)ccc1OC. The Balaban J connectivity index is 2.57. The molecule has 0 fully saturated rings. The average Bonchev–Trinajstić information content (AvgIpc) is 2.44. The van der Waals surface area contributed by atoms with Crippen LogP contribution in [0.1, 0.15) is 22.7 Å². The lowest BCUT2D eigenvalue weighted by Crippen LogP contribution is -2.20. The number of aryl methyl sites for hydroxylation is 1. The molecule has 2 nitrogen and oxygen atoms in total. The molecule has 0 aromatic heterocycles. The average molecular weight is 338 g/mol. The first-order valence-electron chi connectivity index (χ1n) is 6.33. The summed E-state index contributed by atoms with van der Waals surface area (Å²) >= 11 is 3.45. The fraction of sp³-hybridized carbons (Fsp3) is 0.250. The Morgan fingerprint density at radius 3 is 2.55 bits per heavy atom. The van der Waals surface area contributed by atoms with Gasteiger partial charge in [-0.15, -0.1) is 0 Å². The number of halogens is 2. The van der Waals surface area contributed by atoms with Crippen molar-refractivity contribution in [1.29, 1.82) is 0 Å². The smallest absolute Gasteiger partial charge is 0.128 e. The number of rotatable bonds is 4. The zero-order valence-corrected chi connectivity index (χ0v) is 13.3. The highest BCUT2D eigenvalue weighted by atomic mass is 79.9. The summed E-state index contributed by atoms with van der Waals surface area (Å²) in [5.41, 5.74) is 2.54. The van der Waals surface area contributed by atoms with E-state index in [0.717, 1.165) is 21.3 Å². The van der Waals surface area contributed by atoms with E-state index in [-0.39, 0.29) is 11.9 Å². The van der Waals surface area contributed by atoms with Gasteiger partial charge < -0.3 is 10.1 Å². The first kappa shape index (κ1) is 15.0. The number of hydrogen-bond donors (Lipinski definition) is 1. The lowest BCUT2D eigenvalue weighted by atomic mass is 9.96. The fourth-order valence-electron chi connectivity index (χ4n) is 2.29. The van der Waals surface area contributed by atoms with Crippen LogP contribution in [0.4, 0.5) is 4.39 Å². The minimum atomic E-state index is -0.262. The van der Waals surface area contributed by atoms with Crippen LogP contribution in [0.25, 0.3) is 0 Å². The first-order chi connectivity index (χ1) is 9.56. The van der Waals surface area contributed by atoms with Crippen LogP contribution in [0.2, 0.25) is 0 Å². The molecule has 1 unspecified atom stereocenters. The molecule has 0 radical (unpaired) electrons. The maximum absolute atomic E-state index is 14.1. The highest BCUT2D eigenvalue weighted by Crippen LogP contribution is 2.33. The molecule has 0 bridgehead atoms. The molecule has 106 valence electrons. The Hall–Kier alpha value is -1.39. The first-order valence-corrected chi connectivity index (χ1v) is 7.13. The van der Waals surface area contributed by atoms with Crippen molar-refractivity contribution in [2.45, 2.75) is 13.0 Å². The Morgan fingerprint density at radius 1 is 1.15 bits per heavy atom. The van der Waals surface area contributed by atoms with Gasteiger partial charge in [-0.1, -0.05) is 33.6 Å². The molecular weight excluding hydrogens is 321 g/mol. The summed E-state index contributed by atoms with van der Waals surface area (Å²) in [6, 6.07) is 10.6. The molecule has 2 aromatic rings. The Kier molecular flexibility index (Phi) is 4.78. The Bertz CT molecular complexity index is 615. The molecule has 0 saturated heterocycles. The minimum absolute atomic E-state index is 0.225. The van der Waals surface area contributed by atoms with Crippen LogP contribution in [0.5, 0.6) is 5.75 Å². The molecular formula is C16H17BrFNO. The largest absolute Gasteiger partial charge is 0.496 e. The summed E-state index contributed by atoms with van der Waals surface area (Å²) in [6.45, 7) is 1.95. The number of methoxy groups -OCH3 is 1. The molecule has 0 amide bonds. The maximum atomic E-state index is 14.1. The number of nitrogens with one attached hydrogen (secondary N) is 1.